The van der Waals surface area contributed by atoms with Gasteiger partial charge in [-0.3, -0.25) is 9.48 Å². The van der Waals surface area contributed by atoms with Gasteiger partial charge >= 0.3 is 0 Å². The fourth-order valence-corrected chi connectivity index (χ4v) is 4.68. The Balaban J connectivity index is 1.45. The van der Waals surface area contributed by atoms with Crippen LogP contribution in [-0.4, -0.2) is 70.9 Å². The number of aromatic nitrogens is 4. The number of amides is 1. The number of carbonyl (C=O) groups excluding carboxylic acids is 1. The van der Waals surface area contributed by atoms with E-state index in [0.717, 1.165) is 55.8 Å². The molecule has 0 atom stereocenters. The number of nitrogens with zero attached hydrogens (tertiary/aromatic N) is 6. The molecule has 4 heterocycles. The van der Waals surface area contributed by atoms with Gasteiger partial charge in [-0.2, -0.15) is 5.10 Å². The lowest BCUT2D eigenvalue weighted by Gasteiger charge is -2.45. The Bertz CT molecular complexity index is 1280. The molecule has 10 heteroatoms. The summed E-state index contributed by atoms with van der Waals surface area (Å²) in [6, 6.07) is 6.16. The average molecular weight is 489 g/mol. The highest BCUT2D eigenvalue weighted by molar-refractivity contribution is 6.02. The lowest BCUT2D eigenvalue weighted by molar-refractivity contribution is -0.111. The second-order valence-electron chi connectivity index (χ2n) is 9.36. The molecular formula is C26H32N8O2. The highest BCUT2D eigenvalue weighted by Crippen LogP contribution is 2.40. The van der Waals surface area contributed by atoms with Crippen molar-refractivity contribution in [2.75, 3.05) is 49.8 Å². The van der Waals surface area contributed by atoms with Crippen molar-refractivity contribution < 1.29 is 9.53 Å². The number of carbonyl (C=O) groups is 1. The van der Waals surface area contributed by atoms with Crippen LogP contribution in [0, 0.1) is 0 Å². The molecule has 5 rings (SSSR count). The van der Waals surface area contributed by atoms with Gasteiger partial charge in [0.25, 0.3) is 0 Å². The Morgan fingerprint density at radius 3 is 2.83 bits per heavy atom. The summed E-state index contributed by atoms with van der Waals surface area (Å²) in [6.07, 6.45) is 8.19. The van der Waals surface area contributed by atoms with Crippen LogP contribution in [-0.2, 0) is 17.8 Å². The Morgan fingerprint density at radius 2 is 2.08 bits per heavy atom. The van der Waals surface area contributed by atoms with E-state index in [9.17, 15) is 4.79 Å². The molecule has 1 fully saturated rings. The number of methoxy groups -OCH3 is 1. The van der Waals surface area contributed by atoms with E-state index in [0.29, 0.717) is 29.1 Å². The zero-order valence-electron chi connectivity index (χ0n) is 21.0. The van der Waals surface area contributed by atoms with E-state index in [1.165, 1.54) is 11.8 Å². The summed E-state index contributed by atoms with van der Waals surface area (Å²) in [6.45, 7) is 6.26. The quantitative estimate of drug-likeness (QED) is 0.466. The molecule has 10 nitrogen and oxygen atoms in total. The van der Waals surface area contributed by atoms with E-state index in [4.69, 9.17) is 9.72 Å². The third kappa shape index (κ3) is 4.64. The van der Waals surface area contributed by atoms with Gasteiger partial charge in [0.2, 0.25) is 11.9 Å². The van der Waals surface area contributed by atoms with E-state index in [1.54, 1.807) is 13.3 Å². The van der Waals surface area contributed by atoms with Gasteiger partial charge in [0, 0.05) is 49.2 Å². The van der Waals surface area contributed by atoms with Gasteiger partial charge in [-0.25, -0.2) is 9.97 Å². The van der Waals surface area contributed by atoms with Crippen LogP contribution >= 0.6 is 0 Å². The molecule has 0 saturated carbocycles. The number of nitrogens with one attached hydrogen (secondary N) is 2. The van der Waals surface area contributed by atoms with Crippen molar-refractivity contribution in [2.24, 2.45) is 0 Å². The predicted octanol–water partition coefficient (Wildman–Crippen LogP) is 3.30. The van der Waals surface area contributed by atoms with Crippen molar-refractivity contribution >= 4 is 28.9 Å². The molecule has 2 aromatic heterocycles. The largest absolute Gasteiger partial charge is 0.494 e. The lowest BCUT2D eigenvalue weighted by atomic mass is 10.0. The fourth-order valence-electron chi connectivity index (χ4n) is 4.68. The summed E-state index contributed by atoms with van der Waals surface area (Å²) in [5, 5.41) is 10.8. The number of aryl methyl sites for hydroxylation is 1. The molecule has 1 aromatic carbocycles. The normalized spacial score (nSPS) is 15.3. The van der Waals surface area contributed by atoms with Gasteiger partial charge in [-0.1, -0.05) is 6.58 Å². The molecule has 1 saturated heterocycles. The molecule has 2 N–H and O–H groups in total. The third-order valence-corrected chi connectivity index (χ3v) is 6.85. The molecule has 36 heavy (non-hydrogen) atoms. The Kier molecular flexibility index (Phi) is 6.60. The van der Waals surface area contributed by atoms with Crippen molar-refractivity contribution in [3.63, 3.8) is 0 Å². The molecule has 0 spiro atoms. The number of hydrogen-bond donors (Lipinski definition) is 2. The molecule has 0 radical (unpaired) electrons. The molecule has 2 aliphatic heterocycles. The number of likely N-dealkylation sites (N-methyl/N-ethyl adjacent to an activating group) is 1. The first-order chi connectivity index (χ1) is 17.5. The molecule has 3 aromatic rings. The standard InChI is InChI=1S/C26H32N8O2/c1-5-25(35)29-20-12-21(24(36-4)13-23(20)33-15-17(16-33)32(2)3)31-26-27-10-9-19(30-26)18-14-28-34-11-7-6-8-22(18)34/h5,9-10,12-14,17H,1,6-8,11,15-16H2,2-4H3,(H,29,35)(H,27,30,31). The van der Waals surface area contributed by atoms with E-state index in [2.05, 4.69) is 55.9 Å². The van der Waals surface area contributed by atoms with E-state index >= 15 is 0 Å². The lowest BCUT2D eigenvalue weighted by Crippen LogP contribution is -2.57. The van der Waals surface area contributed by atoms with Crippen LogP contribution in [0.5, 0.6) is 5.75 Å². The maximum atomic E-state index is 12.2. The summed E-state index contributed by atoms with van der Waals surface area (Å²) < 4.78 is 7.78. The van der Waals surface area contributed by atoms with Crippen LogP contribution in [0.15, 0.2) is 43.2 Å². The van der Waals surface area contributed by atoms with Crippen molar-refractivity contribution in [3.8, 4) is 17.0 Å². The van der Waals surface area contributed by atoms with Crippen LogP contribution in [0.4, 0.5) is 23.0 Å². The first-order valence-corrected chi connectivity index (χ1v) is 12.2. The van der Waals surface area contributed by atoms with Crippen LogP contribution in [0.1, 0.15) is 18.5 Å². The number of hydrogen-bond acceptors (Lipinski definition) is 8. The minimum atomic E-state index is -0.277. The maximum Gasteiger partial charge on any atom is 0.247 e. The second-order valence-corrected chi connectivity index (χ2v) is 9.36. The van der Waals surface area contributed by atoms with Crippen molar-refractivity contribution in [3.05, 3.63) is 48.9 Å². The number of anilines is 4. The van der Waals surface area contributed by atoms with Crippen molar-refractivity contribution in [1.29, 1.82) is 0 Å². The number of rotatable bonds is 8. The summed E-state index contributed by atoms with van der Waals surface area (Å²) in [7, 11) is 5.77. The zero-order chi connectivity index (χ0) is 25.2. The summed E-state index contributed by atoms with van der Waals surface area (Å²) >= 11 is 0. The molecule has 0 unspecified atom stereocenters. The monoisotopic (exact) mass is 488 g/mol. The Labute approximate surface area is 211 Å². The highest BCUT2D eigenvalue weighted by atomic mass is 16.5. The highest BCUT2D eigenvalue weighted by Gasteiger charge is 2.31. The van der Waals surface area contributed by atoms with Crippen LogP contribution in [0.3, 0.4) is 0 Å². The Morgan fingerprint density at radius 1 is 1.25 bits per heavy atom. The third-order valence-electron chi connectivity index (χ3n) is 6.85. The van der Waals surface area contributed by atoms with Crippen molar-refractivity contribution in [2.45, 2.75) is 31.8 Å². The predicted molar refractivity (Wildman–Crippen MR) is 141 cm³/mol. The molecule has 188 valence electrons. The molecule has 0 bridgehead atoms. The topological polar surface area (TPSA) is 100 Å². The first kappa shape index (κ1) is 23.8. The van der Waals surface area contributed by atoms with Crippen LogP contribution in [0.2, 0.25) is 0 Å². The SMILES string of the molecule is C=CC(=O)Nc1cc(Nc2nccc(-c3cnn4c3CCCC4)n2)c(OC)cc1N1CC(N(C)C)C1. The molecule has 1 amide bonds. The fraction of sp³-hybridized carbons (Fsp3) is 0.385. The minimum absolute atomic E-state index is 0.277. The van der Waals surface area contributed by atoms with Crippen LogP contribution in [0.25, 0.3) is 11.3 Å². The van der Waals surface area contributed by atoms with Crippen LogP contribution < -0.4 is 20.3 Å². The van der Waals surface area contributed by atoms with Gasteiger partial charge in [0.15, 0.2) is 0 Å². The van der Waals surface area contributed by atoms with E-state index in [-0.39, 0.29) is 5.91 Å². The first-order valence-electron chi connectivity index (χ1n) is 12.2. The molecule has 0 aliphatic carbocycles. The van der Waals surface area contributed by atoms with E-state index < -0.39 is 0 Å². The molecular weight excluding hydrogens is 456 g/mol. The minimum Gasteiger partial charge on any atom is -0.494 e. The van der Waals surface area contributed by atoms with Gasteiger partial charge in [0.1, 0.15) is 5.75 Å². The molecule has 2 aliphatic rings. The summed E-state index contributed by atoms with van der Waals surface area (Å²) in [5.74, 6) is 0.792. The number of ether oxygens (including phenoxy) is 1. The summed E-state index contributed by atoms with van der Waals surface area (Å²) in [4.78, 5) is 25.8. The number of benzene rings is 1. The van der Waals surface area contributed by atoms with Gasteiger partial charge in [-0.05, 0) is 51.6 Å². The maximum absolute atomic E-state index is 12.2. The zero-order valence-corrected chi connectivity index (χ0v) is 21.0. The van der Waals surface area contributed by atoms with Gasteiger partial charge < -0.3 is 25.2 Å². The number of fused-ring (bicyclic) bond motifs is 1. The summed E-state index contributed by atoms with van der Waals surface area (Å²) in [5.41, 5.74) is 5.29. The van der Waals surface area contributed by atoms with Gasteiger partial charge in [-0.15, -0.1) is 0 Å². The van der Waals surface area contributed by atoms with Gasteiger partial charge in [0.05, 0.1) is 36.1 Å². The van der Waals surface area contributed by atoms with E-state index in [1.807, 2.05) is 24.4 Å². The average Bonchev–Trinajstić information content (AvgIpc) is 3.28. The second kappa shape index (κ2) is 9.98. The smallest absolute Gasteiger partial charge is 0.247 e. The van der Waals surface area contributed by atoms with Crippen molar-refractivity contribution in [1.82, 2.24) is 24.6 Å². The Hall–Kier alpha value is -3.92.